The fourth-order valence-electron chi connectivity index (χ4n) is 3.26. The Balaban J connectivity index is 2.10. The quantitative estimate of drug-likeness (QED) is 0.222. The molecule has 0 bridgehead atoms. The number of rotatable bonds is 7. The number of anilines is 1. The van der Waals surface area contributed by atoms with Gasteiger partial charge in [-0.25, -0.2) is 4.79 Å². The highest BCUT2D eigenvalue weighted by atomic mass is 32.2. The van der Waals surface area contributed by atoms with Crippen LogP contribution in [0.15, 0.2) is 66.7 Å². The van der Waals surface area contributed by atoms with Gasteiger partial charge in [-0.3, -0.25) is 15.0 Å². The summed E-state index contributed by atoms with van der Waals surface area (Å²) in [6.07, 6.45) is 0.752. The highest BCUT2D eigenvalue weighted by Gasteiger charge is 2.22. The van der Waals surface area contributed by atoms with Crippen molar-refractivity contribution in [2.24, 2.45) is 5.73 Å². The molecule has 0 radical (unpaired) electrons. The van der Waals surface area contributed by atoms with Gasteiger partial charge in [-0.15, -0.1) is 0 Å². The molecule has 0 spiro atoms. The average molecular weight is 495 g/mol. The van der Waals surface area contributed by atoms with Crippen molar-refractivity contribution in [3.05, 3.63) is 89.0 Å². The monoisotopic (exact) mass is 494 g/mol. The average Bonchev–Trinajstić information content (AvgIpc) is 2.82. The number of hydrogen-bond donors (Lipinski definition) is 4. The number of nitrogen functional groups attached to an aromatic ring is 1. The van der Waals surface area contributed by atoms with Crippen molar-refractivity contribution >= 4 is 39.4 Å². The molecule has 0 atom stereocenters. The van der Waals surface area contributed by atoms with Crippen molar-refractivity contribution in [1.29, 1.82) is 5.41 Å². The van der Waals surface area contributed by atoms with Crippen molar-refractivity contribution in [3.63, 3.8) is 0 Å². The van der Waals surface area contributed by atoms with E-state index in [-0.39, 0.29) is 33.7 Å². The molecule has 3 rings (SSSR count). The molecular weight excluding hydrogens is 472 g/mol. The molecule has 0 aromatic heterocycles. The molecular formula is C24H22N4O6S. The highest BCUT2D eigenvalue weighted by molar-refractivity contribution is 7.86. The van der Waals surface area contributed by atoms with Crippen LogP contribution in [0.2, 0.25) is 0 Å². The molecule has 2 amide bonds. The van der Waals surface area contributed by atoms with Crippen LogP contribution in [0.1, 0.15) is 36.6 Å². The number of benzene rings is 3. The third-order valence-corrected chi connectivity index (χ3v) is 5.33. The lowest BCUT2D eigenvalue weighted by Gasteiger charge is -2.15. The van der Waals surface area contributed by atoms with E-state index in [4.69, 9.17) is 11.1 Å². The first-order valence-corrected chi connectivity index (χ1v) is 12.0. The van der Waals surface area contributed by atoms with Crippen LogP contribution in [0.3, 0.4) is 0 Å². The van der Waals surface area contributed by atoms with Crippen molar-refractivity contribution in [3.8, 4) is 11.1 Å². The van der Waals surface area contributed by atoms with E-state index in [0.717, 1.165) is 6.26 Å². The third-order valence-electron chi connectivity index (χ3n) is 4.87. The van der Waals surface area contributed by atoms with Gasteiger partial charge in [-0.2, -0.15) is 8.42 Å². The maximum atomic E-state index is 13.3. The minimum absolute atomic E-state index is 0.0568. The minimum Gasteiger partial charge on any atom is -0.384 e. The summed E-state index contributed by atoms with van der Waals surface area (Å²) >= 11 is 0. The molecule has 0 aliphatic carbocycles. The van der Waals surface area contributed by atoms with Crippen LogP contribution in [0, 0.1) is 5.41 Å². The lowest BCUT2D eigenvalue weighted by atomic mass is 9.93. The fraction of sp³-hybridized carbons (Fsp3) is 0.0833. The molecule has 10 nitrogen and oxygen atoms in total. The highest BCUT2D eigenvalue weighted by Crippen LogP contribution is 2.30. The normalized spacial score (nSPS) is 10.8. The summed E-state index contributed by atoms with van der Waals surface area (Å²) in [4.78, 5) is 38.0. The Morgan fingerprint density at radius 2 is 1.46 bits per heavy atom. The largest absolute Gasteiger partial charge is 0.384 e. The molecule has 0 fully saturated rings. The first kappa shape index (κ1) is 25.1. The number of carbonyl (C=O) groups excluding carboxylic acids is 3. The second-order valence-electron chi connectivity index (χ2n) is 7.41. The molecule has 0 saturated heterocycles. The summed E-state index contributed by atoms with van der Waals surface area (Å²) in [7, 11) is -2.63. The van der Waals surface area contributed by atoms with E-state index in [0.29, 0.717) is 11.3 Å². The number of hydrogen-bond acceptors (Lipinski definition) is 7. The molecule has 5 N–H and O–H groups in total. The van der Waals surface area contributed by atoms with Gasteiger partial charge in [0.05, 0.1) is 11.8 Å². The Bertz CT molecular complexity index is 1430. The van der Waals surface area contributed by atoms with Crippen LogP contribution in [-0.2, 0) is 14.3 Å². The van der Waals surface area contributed by atoms with E-state index in [1.807, 2.05) is 0 Å². The lowest BCUT2D eigenvalue weighted by Crippen LogP contribution is -2.20. The van der Waals surface area contributed by atoms with E-state index in [1.165, 1.54) is 43.4 Å². The minimum atomic E-state index is -4.07. The molecule has 0 saturated carbocycles. The van der Waals surface area contributed by atoms with Gasteiger partial charge >= 0.3 is 16.1 Å². The van der Waals surface area contributed by atoms with Crippen LogP contribution in [0.25, 0.3) is 11.1 Å². The molecule has 35 heavy (non-hydrogen) atoms. The second-order valence-corrected chi connectivity index (χ2v) is 8.98. The fourth-order valence-corrected chi connectivity index (χ4v) is 3.63. The Kier molecular flexibility index (Phi) is 7.31. The van der Waals surface area contributed by atoms with Crippen molar-refractivity contribution < 1.29 is 27.0 Å². The topological polar surface area (TPSA) is 169 Å². The molecule has 3 aromatic rings. The first-order chi connectivity index (χ1) is 16.5. The summed E-state index contributed by atoms with van der Waals surface area (Å²) in [5.41, 5.74) is 7.03. The summed E-state index contributed by atoms with van der Waals surface area (Å²) in [6.45, 7) is 0. The molecule has 180 valence electrons. The summed E-state index contributed by atoms with van der Waals surface area (Å²) in [5, 5.41) is 12.7. The number of amidine groups is 1. The molecule has 0 aliphatic heterocycles. The van der Waals surface area contributed by atoms with Gasteiger partial charge in [-0.1, -0.05) is 24.3 Å². The molecule has 0 heterocycles. The number of nitrogens with two attached hydrogens (primary N) is 1. The van der Waals surface area contributed by atoms with Gasteiger partial charge in [0.2, 0.25) is 0 Å². The number of nitrogens with one attached hydrogen (secondary N) is 3. The molecule has 3 aromatic carbocycles. The zero-order chi connectivity index (χ0) is 25.8. The van der Waals surface area contributed by atoms with E-state index < -0.39 is 27.9 Å². The van der Waals surface area contributed by atoms with Crippen molar-refractivity contribution in [1.82, 2.24) is 5.32 Å². The Hall–Kier alpha value is -4.51. The van der Waals surface area contributed by atoms with Gasteiger partial charge in [0.1, 0.15) is 5.84 Å². The number of carbonyl (C=O) groups is 3. The van der Waals surface area contributed by atoms with Crippen LogP contribution >= 0.6 is 0 Å². The zero-order valence-corrected chi connectivity index (χ0v) is 19.6. The summed E-state index contributed by atoms with van der Waals surface area (Å²) in [6, 6.07) is 16.6. The maximum Gasteiger partial charge on any atom is 0.354 e. The second kappa shape index (κ2) is 10.2. The molecule has 0 unspecified atom stereocenters. The van der Waals surface area contributed by atoms with Gasteiger partial charge < -0.3 is 20.6 Å². The standard InChI is InChI=1S/C24H22N4O6S/c1-27-22(29)15-9-12-18(17-5-3-4-6-19(17)24(31)34-35(2,32)33)20(13-15)23(30)28-16-10-7-14(8-11-16)21(25)26/h3-13H,1-2H3,(H3,25,26)(H,27,29)(H,28,30). The van der Waals surface area contributed by atoms with Crippen LogP contribution in [-0.4, -0.2) is 45.3 Å². The Morgan fingerprint density at radius 3 is 2.06 bits per heavy atom. The maximum absolute atomic E-state index is 13.3. The third kappa shape index (κ3) is 6.09. The van der Waals surface area contributed by atoms with Crippen molar-refractivity contribution in [2.45, 2.75) is 0 Å². The SMILES string of the molecule is CNC(=O)c1ccc(-c2ccccc2C(=O)OS(C)(=O)=O)c(C(=O)Nc2ccc(C(=N)N)cc2)c1. The smallest absolute Gasteiger partial charge is 0.354 e. The van der Waals surface area contributed by atoms with Crippen LogP contribution in [0.5, 0.6) is 0 Å². The van der Waals surface area contributed by atoms with Crippen molar-refractivity contribution in [2.75, 3.05) is 18.6 Å². The predicted molar refractivity (Wildman–Crippen MR) is 131 cm³/mol. The van der Waals surface area contributed by atoms with E-state index in [9.17, 15) is 22.8 Å². The zero-order valence-electron chi connectivity index (χ0n) is 18.8. The van der Waals surface area contributed by atoms with Gasteiger partial charge in [0.15, 0.2) is 0 Å². The van der Waals surface area contributed by atoms with Gasteiger partial charge in [-0.05, 0) is 53.6 Å². The van der Waals surface area contributed by atoms with E-state index in [1.54, 1.807) is 30.3 Å². The van der Waals surface area contributed by atoms with E-state index in [2.05, 4.69) is 14.8 Å². The molecule has 0 aliphatic rings. The van der Waals surface area contributed by atoms with E-state index >= 15 is 0 Å². The van der Waals surface area contributed by atoms with Gasteiger partial charge in [0.25, 0.3) is 11.8 Å². The Labute approximate surface area is 201 Å². The molecule has 11 heteroatoms. The van der Waals surface area contributed by atoms with Gasteiger partial charge in [0, 0.05) is 29.4 Å². The van der Waals surface area contributed by atoms with Crippen LogP contribution in [0.4, 0.5) is 5.69 Å². The summed E-state index contributed by atoms with van der Waals surface area (Å²) in [5.74, 6) is -2.25. The Morgan fingerprint density at radius 1 is 0.857 bits per heavy atom. The predicted octanol–water partition coefficient (Wildman–Crippen LogP) is 2.37. The lowest BCUT2D eigenvalue weighted by molar-refractivity contribution is 0.0748. The number of amides is 2. The summed E-state index contributed by atoms with van der Waals surface area (Å²) < 4.78 is 27.5. The van der Waals surface area contributed by atoms with Crippen LogP contribution < -0.4 is 16.4 Å². The first-order valence-electron chi connectivity index (χ1n) is 10.2.